The summed E-state index contributed by atoms with van der Waals surface area (Å²) in [4.78, 5) is 4.61. The number of nitrogens with zero attached hydrogens (tertiary/aromatic N) is 1. The maximum absolute atomic E-state index is 5.57. The van der Waals surface area contributed by atoms with E-state index in [1.54, 1.807) is 0 Å². The average Bonchev–Trinajstić information content (AvgIpc) is 3.08. The van der Waals surface area contributed by atoms with E-state index in [-0.39, 0.29) is 0 Å². The van der Waals surface area contributed by atoms with Crippen molar-refractivity contribution in [2.24, 2.45) is 4.99 Å². The number of aliphatic imine (C=N–C) groups is 1. The van der Waals surface area contributed by atoms with Gasteiger partial charge >= 0.3 is 0 Å². The molecule has 0 amide bonds. The van der Waals surface area contributed by atoms with E-state index in [4.69, 9.17) is 9.47 Å². The van der Waals surface area contributed by atoms with Crippen molar-refractivity contribution in [1.82, 2.24) is 10.6 Å². The van der Waals surface area contributed by atoms with Crippen LogP contribution < -0.4 is 15.4 Å². The molecule has 5 heteroatoms. The van der Waals surface area contributed by atoms with E-state index in [2.05, 4.69) is 47.7 Å². The first-order chi connectivity index (χ1) is 12.3. The summed E-state index contributed by atoms with van der Waals surface area (Å²) in [6.45, 7) is 9.27. The quantitative estimate of drug-likeness (QED) is 0.367. The van der Waals surface area contributed by atoms with Crippen LogP contribution in [0.4, 0.5) is 0 Å². The molecule has 1 heterocycles. The highest BCUT2D eigenvalue weighted by atomic mass is 16.5. The van der Waals surface area contributed by atoms with Gasteiger partial charge in [0, 0.05) is 39.3 Å². The molecule has 0 saturated carbocycles. The molecule has 0 unspecified atom stereocenters. The van der Waals surface area contributed by atoms with Crippen LogP contribution in [0.5, 0.6) is 5.75 Å². The monoisotopic (exact) mass is 347 g/mol. The SMILES string of the molecule is CCCCOCCCN=C(NCC)NCCc1ccc2c(c1)CCO2. The fraction of sp³-hybridized carbons (Fsp3) is 0.650. The first-order valence-corrected chi connectivity index (χ1v) is 9.68. The molecule has 0 aliphatic carbocycles. The molecule has 2 rings (SSSR count). The minimum absolute atomic E-state index is 0.789. The number of unbranched alkanes of at least 4 members (excludes halogenated alkanes) is 1. The smallest absolute Gasteiger partial charge is 0.191 e. The normalized spacial score (nSPS) is 13.4. The average molecular weight is 348 g/mol. The maximum atomic E-state index is 5.57. The highest BCUT2D eigenvalue weighted by Crippen LogP contribution is 2.25. The molecule has 1 aliphatic heterocycles. The number of ether oxygens (including phenoxy) is 2. The van der Waals surface area contributed by atoms with Crippen LogP contribution in [0.3, 0.4) is 0 Å². The summed E-state index contributed by atoms with van der Waals surface area (Å²) in [5.41, 5.74) is 2.68. The highest BCUT2D eigenvalue weighted by molar-refractivity contribution is 5.79. The summed E-state index contributed by atoms with van der Waals surface area (Å²) < 4.78 is 11.1. The Labute approximate surface area is 152 Å². The molecule has 0 spiro atoms. The molecule has 0 radical (unpaired) electrons. The number of nitrogens with one attached hydrogen (secondary N) is 2. The van der Waals surface area contributed by atoms with Gasteiger partial charge < -0.3 is 20.1 Å². The number of hydrogen-bond acceptors (Lipinski definition) is 3. The zero-order valence-corrected chi connectivity index (χ0v) is 15.8. The van der Waals surface area contributed by atoms with Crippen LogP contribution in [0.1, 0.15) is 44.2 Å². The number of benzene rings is 1. The molecule has 140 valence electrons. The number of hydrogen-bond donors (Lipinski definition) is 2. The molecule has 2 N–H and O–H groups in total. The lowest BCUT2D eigenvalue weighted by atomic mass is 10.1. The van der Waals surface area contributed by atoms with Gasteiger partial charge in [0.25, 0.3) is 0 Å². The van der Waals surface area contributed by atoms with Crippen LogP contribution >= 0.6 is 0 Å². The maximum Gasteiger partial charge on any atom is 0.191 e. The van der Waals surface area contributed by atoms with Crippen molar-refractivity contribution in [2.75, 3.05) is 39.5 Å². The lowest BCUT2D eigenvalue weighted by molar-refractivity contribution is 0.130. The van der Waals surface area contributed by atoms with Gasteiger partial charge in [0.2, 0.25) is 0 Å². The van der Waals surface area contributed by atoms with E-state index < -0.39 is 0 Å². The standard InChI is InChI=1S/C20H33N3O2/c1-3-5-13-24-14-6-11-22-20(21-4-2)23-12-9-17-7-8-19-18(16-17)10-15-25-19/h7-8,16H,3-6,9-15H2,1-2H3,(H2,21,22,23). The van der Waals surface area contributed by atoms with Gasteiger partial charge in [-0.3, -0.25) is 4.99 Å². The molecule has 1 aliphatic rings. The Bertz CT molecular complexity index is 532. The molecule has 25 heavy (non-hydrogen) atoms. The molecular weight excluding hydrogens is 314 g/mol. The lowest BCUT2D eigenvalue weighted by Crippen LogP contribution is -2.38. The van der Waals surface area contributed by atoms with Crippen molar-refractivity contribution >= 4 is 5.96 Å². The van der Waals surface area contributed by atoms with Crippen LogP contribution in [0.15, 0.2) is 23.2 Å². The minimum Gasteiger partial charge on any atom is -0.493 e. The Morgan fingerprint density at radius 3 is 2.92 bits per heavy atom. The van der Waals surface area contributed by atoms with E-state index in [9.17, 15) is 0 Å². The lowest BCUT2D eigenvalue weighted by Gasteiger charge is -2.12. The Kier molecular flexibility index (Phi) is 9.19. The fourth-order valence-electron chi connectivity index (χ4n) is 2.77. The van der Waals surface area contributed by atoms with Crippen molar-refractivity contribution < 1.29 is 9.47 Å². The molecule has 5 nitrogen and oxygen atoms in total. The Balaban J connectivity index is 1.67. The summed E-state index contributed by atoms with van der Waals surface area (Å²) in [7, 11) is 0. The molecule has 1 aromatic carbocycles. The van der Waals surface area contributed by atoms with E-state index in [1.165, 1.54) is 17.5 Å². The number of rotatable bonds is 11. The Hall–Kier alpha value is -1.75. The van der Waals surface area contributed by atoms with E-state index in [0.717, 1.165) is 76.8 Å². The van der Waals surface area contributed by atoms with Gasteiger partial charge in [-0.1, -0.05) is 25.5 Å². The molecular formula is C20H33N3O2. The van der Waals surface area contributed by atoms with Crippen molar-refractivity contribution in [3.8, 4) is 5.75 Å². The van der Waals surface area contributed by atoms with Gasteiger partial charge in [-0.05, 0) is 43.4 Å². The summed E-state index contributed by atoms with van der Waals surface area (Å²) >= 11 is 0. The van der Waals surface area contributed by atoms with Crippen LogP contribution in [0, 0.1) is 0 Å². The zero-order chi connectivity index (χ0) is 17.7. The first-order valence-electron chi connectivity index (χ1n) is 9.68. The van der Waals surface area contributed by atoms with Crippen molar-refractivity contribution in [3.63, 3.8) is 0 Å². The van der Waals surface area contributed by atoms with Gasteiger partial charge in [0.05, 0.1) is 6.61 Å². The molecule has 0 atom stereocenters. The molecule has 1 aromatic rings. The Morgan fingerprint density at radius 2 is 2.08 bits per heavy atom. The van der Waals surface area contributed by atoms with Crippen molar-refractivity contribution in [2.45, 2.75) is 46.0 Å². The third-order valence-corrected chi connectivity index (χ3v) is 4.16. The van der Waals surface area contributed by atoms with Gasteiger partial charge in [-0.25, -0.2) is 0 Å². The van der Waals surface area contributed by atoms with E-state index in [0.29, 0.717) is 0 Å². The predicted octanol–water partition coefficient (Wildman–Crippen LogP) is 2.93. The molecule has 0 bridgehead atoms. The van der Waals surface area contributed by atoms with E-state index >= 15 is 0 Å². The summed E-state index contributed by atoms with van der Waals surface area (Å²) in [5.74, 6) is 1.94. The number of fused-ring (bicyclic) bond motifs is 1. The van der Waals surface area contributed by atoms with Crippen LogP contribution in [-0.4, -0.2) is 45.4 Å². The van der Waals surface area contributed by atoms with Crippen molar-refractivity contribution in [3.05, 3.63) is 29.3 Å². The fourth-order valence-corrected chi connectivity index (χ4v) is 2.77. The van der Waals surface area contributed by atoms with Gasteiger partial charge in [0.1, 0.15) is 5.75 Å². The van der Waals surface area contributed by atoms with Crippen LogP contribution in [-0.2, 0) is 17.6 Å². The van der Waals surface area contributed by atoms with Gasteiger partial charge in [-0.15, -0.1) is 0 Å². The first kappa shape index (κ1) is 19.6. The third-order valence-electron chi connectivity index (χ3n) is 4.16. The topological polar surface area (TPSA) is 54.9 Å². The van der Waals surface area contributed by atoms with E-state index in [1.807, 2.05) is 0 Å². The molecule has 0 saturated heterocycles. The summed E-state index contributed by atoms with van der Waals surface area (Å²) in [5, 5.41) is 6.71. The largest absolute Gasteiger partial charge is 0.493 e. The molecule has 0 fully saturated rings. The second kappa shape index (κ2) is 11.7. The summed E-state index contributed by atoms with van der Waals surface area (Å²) in [6, 6.07) is 6.51. The summed E-state index contributed by atoms with van der Waals surface area (Å²) in [6.07, 6.45) is 5.30. The molecule has 0 aromatic heterocycles. The van der Waals surface area contributed by atoms with Crippen molar-refractivity contribution in [1.29, 1.82) is 0 Å². The van der Waals surface area contributed by atoms with Crippen LogP contribution in [0.25, 0.3) is 0 Å². The van der Waals surface area contributed by atoms with Gasteiger partial charge in [0.15, 0.2) is 5.96 Å². The second-order valence-corrected chi connectivity index (χ2v) is 6.30. The third kappa shape index (κ3) is 7.34. The van der Waals surface area contributed by atoms with Gasteiger partial charge in [-0.2, -0.15) is 0 Å². The zero-order valence-electron chi connectivity index (χ0n) is 15.8. The highest BCUT2D eigenvalue weighted by Gasteiger charge is 2.11. The predicted molar refractivity (Wildman–Crippen MR) is 104 cm³/mol. The second-order valence-electron chi connectivity index (χ2n) is 6.30. The Morgan fingerprint density at radius 1 is 1.20 bits per heavy atom. The number of guanidine groups is 1. The minimum atomic E-state index is 0.789. The van der Waals surface area contributed by atoms with Crippen LogP contribution in [0.2, 0.25) is 0 Å².